The molecule has 1 aliphatic rings. The molecule has 0 aliphatic carbocycles. The number of ketones is 1. The number of nitrogens with zero attached hydrogens (tertiary/aromatic N) is 1. The molecule has 0 fully saturated rings. The number of carbonyl (C=O) groups excluding carboxylic acids is 2. The molecule has 156 valence electrons. The van der Waals surface area contributed by atoms with Crippen molar-refractivity contribution in [3.8, 4) is 0 Å². The van der Waals surface area contributed by atoms with Gasteiger partial charge in [-0.3, -0.25) is 9.10 Å². The summed E-state index contributed by atoms with van der Waals surface area (Å²) < 4.78 is 33.3. The summed E-state index contributed by atoms with van der Waals surface area (Å²) >= 11 is 0. The number of allylic oxidation sites excluding steroid dienone is 1. The number of Topliss-reactive ketones (excluding diaryl/α,β-unsaturated/α-hetero) is 1. The lowest BCUT2D eigenvalue weighted by Crippen LogP contribution is -2.38. The van der Waals surface area contributed by atoms with E-state index in [-0.39, 0.29) is 34.0 Å². The summed E-state index contributed by atoms with van der Waals surface area (Å²) in [6, 6.07) is 22.8. The standard InChI is InChI=1S/C24H19NO5S/c1-2-25-21(22(26)17-11-5-3-6-12-17)23(30-24(27)18-13-7-4-8-14-18)19-15-9-10-16-20(19)31(25,28)29/h3-16H,2H2,1H3. The molecule has 3 aromatic carbocycles. The van der Waals surface area contributed by atoms with Crippen LogP contribution in [0.4, 0.5) is 0 Å². The highest BCUT2D eigenvalue weighted by atomic mass is 32.2. The quantitative estimate of drug-likeness (QED) is 0.447. The molecule has 4 rings (SSSR count). The summed E-state index contributed by atoms with van der Waals surface area (Å²) in [6.07, 6.45) is 0. The number of sulfonamides is 1. The molecular formula is C24H19NO5S. The van der Waals surface area contributed by atoms with E-state index in [1.807, 2.05) is 0 Å². The van der Waals surface area contributed by atoms with E-state index in [9.17, 15) is 18.0 Å². The van der Waals surface area contributed by atoms with Crippen molar-refractivity contribution in [1.82, 2.24) is 4.31 Å². The lowest BCUT2D eigenvalue weighted by molar-refractivity contribution is 0.0685. The van der Waals surface area contributed by atoms with E-state index in [2.05, 4.69) is 0 Å². The molecular weight excluding hydrogens is 414 g/mol. The number of fused-ring (bicyclic) bond motifs is 1. The van der Waals surface area contributed by atoms with Gasteiger partial charge in [-0.15, -0.1) is 0 Å². The third-order valence-corrected chi connectivity index (χ3v) is 6.84. The number of likely N-dealkylation sites (N-methyl/N-ethyl adjacent to an activating group) is 1. The van der Waals surface area contributed by atoms with Crippen molar-refractivity contribution in [2.75, 3.05) is 6.54 Å². The highest BCUT2D eigenvalue weighted by Crippen LogP contribution is 2.39. The number of esters is 1. The molecule has 0 unspecified atom stereocenters. The third kappa shape index (κ3) is 3.64. The lowest BCUT2D eigenvalue weighted by atomic mass is 10.0. The predicted octanol–water partition coefficient (Wildman–Crippen LogP) is 4.12. The van der Waals surface area contributed by atoms with Crippen LogP contribution in [0.2, 0.25) is 0 Å². The molecule has 0 bridgehead atoms. The average Bonchev–Trinajstić information content (AvgIpc) is 2.81. The zero-order chi connectivity index (χ0) is 22.0. The third-order valence-electron chi connectivity index (χ3n) is 4.91. The van der Waals surface area contributed by atoms with Crippen molar-refractivity contribution < 1.29 is 22.7 Å². The van der Waals surface area contributed by atoms with Crippen LogP contribution in [0.1, 0.15) is 33.2 Å². The van der Waals surface area contributed by atoms with Crippen molar-refractivity contribution >= 4 is 27.5 Å². The second-order valence-electron chi connectivity index (χ2n) is 6.79. The van der Waals surface area contributed by atoms with Gasteiger partial charge in [0.1, 0.15) is 5.70 Å². The number of benzene rings is 3. The average molecular weight is 433 g/mol. The molecule has 1 heterocycles. The first-order chi connectivity index (χ1) is 14.9. The van der Waals surface area contributed by atoms with Gasteiger partial charge in [0.05, 0.1) is 10.5 Å². The van der Waals surface area contributed by atoms with Gasteiger partial charge >= 0.3 is 5.97 Å². The van der Waals surface area contributed by atoms with Gasteiger partial charge in [0.15, 0.2) is 5.76 Å². The van der Waals surface area contributed by atoms with E-state index in [0.717, 1.165) is 4.31 Å². The first-order valence-corrected chi connectivity index (χ1v) is 11.1. The van der Waals surface area contributed by atoms with Crippen LogP contribution in [0, 0.1) is 0 Å². The Morgan fingerprint density at radius 2 is 1.35 bits per heavy atom. The zero-order valence-electron chi connectivity index (χ0n) is 16.7. The minimum absolute atomic E-state index is 0.00301. The van der Waals surface area contributed by atoms with Gasteiger partial charge in [0.25, 0.3) is 10.0 Å². The number of hydrogen-bond donors (Lipinski definition) is 0. The van der Waals surface area contributed by atoms with Crippen LogP contribution in [0.15, 0.2) is 95.5 Å². The maximum Gasteiger partial charge on any atom is 0.343 e. The topological polar surface area (TPSA) is 80.8 Å². The number of carbonyl (C=O) groups is 2. The molecule has 6 nitrogen and oxygen atoms in total. The van der Waals surface area contributed by atoms with Crippen molar-refractivity contribution in [2.45, 2.75) is 11.8 Å². The maximum absolute atomic E-state index is 13.4. The molecule has 7 heteroatoms. The van der Waals surface area contributed by atoms with Crippen LogP contribution >= 0.6 is 0 Å². The Morgan fingerprint density at radius 1 is 0.806 bits per heavy atom. The second-order valence-corrected chi connectivity index (χ2v) is 8.63. The number of hydrogen-bond acceptors (Lipinski definition) is 5. The van der Waals surface area contributed by atoms with Crippen LogP contribution in [-0.4, -0.2) is 31.0 Å². The van der Waals surface area contributed by atoms with Crippen LogP contribution in [0.25, 0.3) is 5.76 Å². The maximum atomic E-state index is 13.4. The van der Waals surface area contributed by atoms with Crippen molar-refractivity contribution in [3.63, 3.8) is 0 Å². The van der Waals surface area contributed by atoms with Gasteiger partial charge in [-0.05, 0) is 31.2 Å². The van der Waals surface area contributed by atoms with Crippen LogP contribution < -0.4 is 0 Å². The molecule has 3 aromatic rings. The van der Waals surface area contributed by atoms with Gasteiger partial charge in [-0.2, -0.15) is 0 Å². The van der Waals surface area contributed by atoms with E-state index >= 15 is 0 Å². The highest BCUT2D eigenvalue weighted by molar-refractivity contribution is 7.89. The van der Waals surface area contributed by atoms with Crippen LogP contribution in [-0.2, 0) is 14.8 Å². The Bertz CT molecular complexity index is 1280. The second kappa shape index (κ2) is 8.20. The summed E-state index contributed by atoms with van der Waals surface area (Å²) in [6.45, 7) is 1.62. The molecule has 0 spiro atoms. The fourth-order valence-electron chi connectivity index (χ4n) is 3.46. The van der Waals surface area contributed by atoms with Gasteiger partial charge in [0.2, 0.25) is 5.78 Å². The largest absolute Gasteiger partial charge is 0.420 e. The highest BCUT2D eigenvalue weighted by Gasteiger charge is 2.41. The Morgan fingerprint density at radius 3 is 1.97 bits per heavy atom. The fraction of sp³-hybridized carbons (Fsp3) is 0.0833. The van der Waals surface area contributed by atoms with E-state index in [4.69, 9.17) is 4.74 Å². The predicted molar refractivity (Wildman–Crippen MR) is 116 cm³/mol. The summed E-state index contributed by atoms with van der Waals surface area (Å²) in [7, 11) is -4.01. The molecule has 0 saturated heterocycles. The molecule has 0 atom stereocenters. The van der Waals surface area contributed by atoms with E-state index in [1.54, 1.807) is 79.7 Å². The van der Waals surface area contributed by atoms with Gasteiger partial charge in [-0.1, -0.05) is 60.7 Å². The molecule has 1 aliphatic heterocycles. The minimum Gasteiger partial charge on any atom is -0.420 e. The van der Waals surface area contributed by atoms with Gasteiger partial charge in [-0.25, -0.2) is 13.2 Å². The summed E-state index contributed by atoms with van der Waals surface area (Å²) in [5, 5.41) is 0. The number of rotatable bonds is 5. The lowest BCUT2D eigenvalue weighted by Gasteiger charge is -2.32. The molecule has 0 amide bonds. The van der Waals surface area contributed by atoms with Crippen LogP contribution in [0.3, 0.4) is 0 Å². The summed E-state index contributed by atoms with van der Waals surface area (Å²) in [5.74, 6) is -1.30. The summed E-state index contributed by atoms with van der Waals surface area (Å²) in [4.78, 5) is 26.3. The Balaban J connectivity index is 1.96. The normalized spacial score (nSPS) is 14.7. The Hall–Kier alpha value is -3.71. The van der Waals surface area contributed by atoms with E-state index < -0.39 is 21.8 Å². The smallest absolute Gasteiger partial charge is 0.343 e. The van der Waals surface area contributed by atoms with E-state index in [1.165, 1.54) is 12.1 Å². The SMILES string of the molecule is CCN1C(C(=O)c2ccccc2)=C(OC(=O)c2ccccc2)c2ccccc2S1(=O)=O. The van der Waals surface area contributed by atoms with Crippen molar-refractivity contribution in [3.05, 3.63) is 107 Å². The van der Waals surface area contributed by atoms with Crippen molar-refractivity contribution in [2.24, 2.45) is 0 Å². The van der Waals surface area contributed by atoms with Crippen LogP contribution in [0.5, 0.6) is 0 Å². The van der Waals surface area contributed by atoms with Gasteiger partial charge in [0, 0.05) is 17.7 Å². The molecule has 0 N–H and O–H groups in total. The first kappa shape index (κ1) is 20.6. The van der Waals surface area contributed by atoms with Crippen molar-refractivity contribution in [1.29, 1.82) is 0 Å². The Labute approximate surface area is 180 Å². The number of ether oxygens (including phenoxy) is 1. The zero-order valence-corrected chi connectivity index (χ0v) is 17.5. The molecule has 31 heavy (non-hydrogen) atoms. The minimum atomic E-state index is -4.01. The molecule has 0 saturated carbocycles. The first-order valence-electron chi connectivity index (χ1n) is 9.68. The molecule has 0 aromatic heterocycles. The summed E-state index contributed by atoms with van der Waals surface area (Å²) in [5.41, 5.74) is 0.571. The van der Waals surface area contributed by atoms with Gasteiger partial charge < -0.3 is 4.74 Å². The van der Waals surface area contributed by atoms with E-state index in [0.29, 0.717) is 5.56 Å². The Kier molecular flexibility index (Phi) is 5.44. The fourth-order valence-corrected chi connectivity index (χ4v) is 5.13. The monoisotopic (exact) mass is 433 g/mol. The molecule has 0 radical (unpaired) electrons.